The van der Waals surface area contributed by atoms with E-state index < -0.39 is 0 Å². The molecular formula is C31H41N3O5. The molecule has 3 atom stereocenters. The lowest BCUT2D eigenvalue weighted by Crippen LogP contribution is -2.36. The molecule has 0 radical (unpaired) electrons. The summed E-state index contributed by atoms with van der Waals surface area (Å²) in [6, 6.07) is 13.8. The van der Waals surface area contributed by atoms with Gasteiger partial charge in [0.25, 0.3) is 5.91 Å². The molecule has 2 heterocycles. The quantitative estimate of drug-likeness (QED) is 0.492. The Morgan fingerprint density at radius 3 is 2.08 bits per heavy atom. The molecule has 39 heavy (non-hydrogen) atoms. The molecule has 2 saturated heterocycles. The highest BCUT2D eigenvalue weighted by Crippen LogP contribution is 2.38. The molecule has 2 aromatic carbocycles. The minimum atomic E-state index is -0.0638. The maximum Gasteiger partial charge on any atom is 0.261 e. The van der Waals surface area contributed by atoms with Crippen molar-refractivity contribution in [2.75, 3.05) is 54.1 Å². The van der Waals surface area contributed by atoms with Gasteiger partial charge in [0.05, 0.1) is 27.4 Å². The van der Waals surface area contributed by atoms with E-state index in [1.807, 2.05) is 23.1 Å². The van der Waals surface area contributed by atoms with Gasteiger partial charge in [-0.15, -0.1) is 0 Å². The largest absolute Gasteiger partial charge is 0.496 e. The van der Waals surface area contributed by atoms with Gasteiger partial charge < -0.3 is 29.3 Å². The van der Waals surface area contributed by atoms with Crippen LogP contribution in [0.3, 0.4) is 0 Å². The summed E-state index contributed by atoms with van der Waals surface area (Å²) in [5.41, 5.74) is 1.61. The Morgan fingerprint density at radius 1 is 0.897 bits per heavy atom. The lowest BCUT2D eigenvalue weighted by atomic mass is 10.0. The zero-order valence-electron chi connectivity index (χ0n) is 23.4. The standard InChI is InChI=1S/C31H41N3O5/c1-37-25-15-27(38-2)29(28(16-25)39-3)31(36)34-19-23-17-33(18-24(23)20-34)14-13-26(21-9-5-4-6-10-21)32-30(35)22-11-7-8-12-22/h4-6,9-10,15-16,22-24,26H,7-8,11-14,17-20H2,1-3H3,(H,32,35)/t23?,24?,26-/m0/s1. The number of nitrogens with zero attached hydrogens (tertiary/aromatic N) is 2. The molecule has 0 spiro atoms. The van der Waals surface area contributed by atoms with Crippen molar-refractivity contribution >= 4 is 11.8 Å². The SMILES string of the molecule is COc1cc(OC)c(C(=O)N2CC3CN(CC[C@H](NC(=O)C4CCCC4)c4ccccc4)CC3C2)c(OC)c1. The van der Waals surface area contributed by atoms with Gasteiger partial charge in [0, 0.05) is 50.8 Å². The molecule has 0 bridgehead atoms. The number of amides is 2. The van der Waals surface area contributed by atoms with E-state index in [4.69, 9.17) is 14.2 Å². The summed E-state index contributed by atoms with van der Waals surface area (Å²) in [6.45, 7) is 4.29. The van der Waals surface area contributed by atoms with Crippen LogP contribution in [0.5, 0.6) is 17.2 Å². The minimum absolute atomic E-state index is 0.0211. The lowest BCUT2D eigenvalue weighted by molar-refractivity contribution is -0.125. The minimum Gasteiger partial charge on any atom is -0.496 e. The molecule has 8 heteroatoms. The third kappa shape index (κ3) is 6.01. The van der Waals surface area contributed by atoms with Gasteiger partial charge in [-0.2, -0.15) is 0 Å². The van der Waals surface area contributed by atoms with Crippen molar-refractivity contribution in [1.82, 2.24) is 15.1 Å². The smallest absolute Gasteiger partial charge is 0.261 e. The van der Waals surface area contributed by atoms with E-state index in [9.17, 15) is 9.59 Å². The maximum absolute atomic E-state index is 13.6. The van der Waals surface area contributed by atoms with Gasteiger partial charge >= 0.3 is 0 Å². The molecule has 2 amide bonds. The predicted octanol–water partition coefficient (Wildman–Crippen LogP) is 4.15. The van der Waals surface area contributed by atoms with Crippen molar-refractivity contribution in [1.29, 1.82) is 0 Å². The average Bonchev–Trinajstić information content (AvgIpc) is 3.72. The third-order valence-electron chi connectivity index (χ3n) is 8.76. The van der Waals surface area contributed by atoms with Crippen molar-refractivity contribution in [2.24, 2.45) is 17.8 Å². The van der Waals surface area contributed by atoms with Gasteiger partial charge in [-0.1, -0.05) is 43.2 Å². The Morgan fingerprint density at radius 2 is 1.51 bits per heavy atom. The van der Waals surface area contributed by atoms with Crippen LogP contribution < -0.4 is 19.5 Å². The molecular weight excluding hydrogens is 494 g/mol. The molecule has 2 unspecified atom stereocenters. The maximum atomic E-state index is 13.6. The van der Waals surface area contributed by atoms with E-state index in [0.717, 1.165) is 64.8 Å². The molecule has 5 rings (SSSR count). The lowest BCUT2D eigenvalue weighted by Gasteiger charge is -2.26. The number of nitrogens with one attached hydrogen (secondary N) is 1. The highest BCUT2D eigenvalue weighted by molar-refractivity contribution is 6.00. The zero-order chi connectivity index (χ0) is 27.4. The van der Waals surface area contributed by atoms with E-state index in [-0.39, 0.29) is 23.8 Å². The Labute approximate surface area is 231 Å². The van der Waals surface area contributed by atoms with Gasteiger partial charge in [0.1, 0.15) is 22.8 Å². The normalized spacial score (nSPS) is 22.0. The number of methoxy groups -OCH3 is 3. The van der Waals surface area contributed by atoms with Crippen LogP contribution in [-0.2, 0) is 4.79 Å². The number of hydrogen-bond donors (Lipinski definition) is 1. The summed E-state index contributed by atoms with van der Waals surface area (Å²) < 4.78 is 16.4. The van der Waals surface area contributed by atoms with Gasteiger partial charge in [-0.05, 0) is 36.7 Å². The molecule has 210 valence electrons. The fourth-order valence-corrected chi connectivity index (χ4v) is 6.61. The first-order chi connectivity index (χ1) is 19.0. The van der Waals surface area contributed by atoms with Gasteiger partial charge in [0.2, 0.25) is 5.91 Å². The van der Waals surface area contributed by atoms with Gasteiger partial charge in [-0.25, -0.2) is 0 Å². The number of fused-ring (bicyclic) bond motifs is 1. The van der Waals surface area contributed by atoms with Crippen molar-refractivity contribution in [3.63, 3.8) is 0 Å². The van der Waals surface area contributed by atoms with Crippen LogP contribution in [0.2, 0.25) is 0 Å². The van der Waals surface area contributed by atoms with Gasteiger partial charge in [0.15, 0.2) is 0 Å². The Balaban J connectivity index is 1.19. The Hall–Kier alpha value is -3.26. The zero-order valence-corrected chi connectivity index (χ0v) is 23.4. The van der Waals surface area contributed by atoms with Crippen LogP contribution in [0.25, 0.3) is 0 Å². The molecule has 8 nitrogen and oxygen atoms in total. The highest BCUT2D eigenvalue weighted by Gasteiger charge is 2.42. The monoisotopic (exact) mass is 535 g/mol. The summed E-state index contributed by atoms with van der Waals surface area (Å²) in [6.07, 6.45) is 5.20. The molecule has 3 aliphatic rings. The summed E-state index contributed by atoms with van der Waals surface area (Å²) in [5, 5.41) is 3.37. The molecule has 1 aliphatic carbocycles. The Bertz CT molecular complexity index is 1110. The third-order valence-corrected chi connectivity index (χ3v) is 8.76. The van der Waals surface area contributed by atoms with Crippen LogP contribution in [0.1, 0.15) is 54.1 Å². The first-order valence-corrected chi connectivity index (χ1v) is 14.2. The van der Waals surface area contributed by atoms with Crippen LogP contribution in [-0.4, -0.2) is 75.7 Å². The summed E-state index contributed by atoms with van der Waals surface area (Å²) >= 11 is 0. The van der Waals surface area contributed by atoms with Crippen molar-refractivity contribution in [3.8, 4) is 17.2 Å². The molecule has 3 fully saturated rings. The molecule has 0 aromatic heterocycles. The summed E-state index contributed by atoms with van der Waals surface area (Å²) in [4.78, 5) is 31.0. The summed E-state index contributed by atoms with van der Waals surface area (Å²) in [7, 11) is 4.69. The first-order valence-electron chi connectivity index (χ1n) is 14.2. The molecule has 2 aromatic rings. The number of likely N-dealkylation sites (tertiary alicyclic amines) is 2. The fraction of sp³-hybridized carbons (Fsp3) is 0.548. The number of carbonyl (C=O) groups excluding carboxylic acids is 2. The second-order valence-electron chi connectivity index (χ2n) is 11.1. The number of benzene rings is 2. The average molecular weight is 536 g/mol. The van der Waals surface area contributed by atoms with Crippen molar-refractivity contribution < 1.29 is 23.8 Å². The van der Waals surface area contributed by atoms with Crippen LogP contribution in [0.15, 0.2) is 42.5 Å². The predicted molar refractivity (Wildman–Crippen MR) is 149 cm³/mol. The number of ether oxygens (including phenoxy) is 3. The van der Waals surface area contributed by atoms with E-state index in [1.165, 1.54) is 5.56 Å². The van der Waals surface area contributed by atoms with E-state index in [1.54, 1.807) is 33.5 Å². The van der Waals surface area contributed by atoms with Crippen LogP contribution in [0.4, 0.5) is 0 Å². The van der Waals surface area contributed by atoms with Crippen molar-refractivity contribution in [2.45, 2.75) is 38.1 Å². The van der Waals surface area contributed by atoms with Crippen LogP contribution in [0, 0.1) is 17.8 Å². The topological polar surface area (TPSA) is 80.3 Å². The van der Waals surface area contributed by atoms with Crippen molar-refractivity contribution in [3.05, 3.63) is 53.6 Å². The van der Waals surface area contributed by atoms with Gasteiger partial charge in [-0.3, -0.25) is 9.59 Å². The first kappa shape index (κ1) is 27.3. The second kappa shape index (κ2) is 12.3. The molecule has 2 aliphatic heterocycles. The molecule has 1 N–H and O–H groups in total. The highest BCUT2D eigenvalue weighted by atomic mass is 16.5. The Kier molecular flexibility index (Phi) is 8.60. The fourth-order valence-electron chi connectivity index (χ4n) is 6.61. The second-order valence-corrected chi connectivity index (χ2v) is 11.1. The van der Waals surface area contributed by atoms with E-state index in [0.29, 0.717) is 34.6 Å². The number of hydrogen-bond acceptors (Lipinski definition) is 6. The van der Waals surface area contributed by atoms with Crippen LogP contribution >= 0.6 is 0 Å². The van der Waals surface area contributed by atoms with E-state index >= 15 is 0 Å². The number of rotatable bonds is 10. The number of carbonyl (C=O) groups is 2. The summed E-state index contributed by atoms with van der Waals surface area (Å²) in [5.74, 6) is 2.68. The molecule has 1 saturated carbocycles. The van der Waals surface area contributed by atoms with E-state index in [2.05, 4.69) is 22.3 Å².